The molecule has 0 spiro atoms. The summed E-state index contributed by atoms with van der Waals surface area (Å²) in [5, 5.41) is 0. The minimum Gasteiger partial charge on any atom is -0.341 e. The molecular formula is C5H10N2O3. The lowest BCUT2D eigenvalue weighted by atomic mass is 10.4. The molecule has 0 unspecified atom stereocenters. The van der Waals surface area contributed by atoms with Gasteiger partial charge >= 0.3 is 5.97 Å². The van der Waals surface area contributed by atoms with E-state index in [4.69, 9.17) is 5.73 Å². The summed E-state index contributed by atoms with van der Waals surface area (Å²) < 4.78 is 0. The van der Waals surface area contributed by atoms with Gasteiger partial charge in [-0.25, -0.2) is 0 Å². The summed E-state index contributed by atoms with van der Waals surface area (Å²) in [7, 11) is 0. The van der Waals surface area contributed by atoms with Gasteiger partial charge < -0.3 is 10.6 Å². The van der Waals surface area contributed by atoms with Crippen LogP contribution in [0.5, 0.6) is 0 Å². The molecule has 0 aromatic heterocycles. The SMILES string of the molecule is CC(=O)ONC(=O)CCN. The number of hydroxylamine groups is 1. The fourth-order valence-electron chi connectivity index (χ4n) is 0.311. The highest BCUT2D eigenvalue weighted by Gasteiger charge is 1.99. The lowest BCUT2D eigenvalue weighted by Gasteiger charge is -2.00. The van der Waals surface area contributed by atoms with Crippen LogP contribution in [-0.4, -0.2) is 18.4 Å². The largest absolute Gasteiger partial charge is 0.341 e. The Kier molecular flexibility index (Phi) is 4.23. The Bertz CT molecular complexity index is 135. The standard InChI is InChI=1S/C5H10N2O3/c1-4(8)10-7-5(9)2-3-6/h2-3,6H2,1H3,(H,7,9). The molecule has 0 aliphatic heterocycles. The second-order valence-electron chi connectivity index (χ2n) is 1.66. The molecule has 0 aliphatic carbocycles. The molecule has 0 saturated heterocycles. The molecule has 0 aromatic carbocycles. The third kappa shape index (κ3) is 5.04. The monoisotopic (exact) mass is 146 g/mol. The van der Waals surface area contributed by atoms with Crippen LogP contribution < -0.4 is 11.2 Å². The van der Waals surface area contributed by atoms with Crippen LogP contribution >= 0.6 is 0 Å². The highest BCUT2D eigenvalue weighted by molar-refractivity contribution is 5.77. The molecule has 3 N–H and O–H groups in total. The molecule has 10 heavy (non-hydrogen) atoms. The summed E-state index contributed by atoms with van der Waals surface area (Å²) in [6, 6.07) is 0. The number of rotatable bonds is 2. The molecule has 0 bridgehead atoms. The second kappa shape index (κ2) is 4.75. The summed E-state index contributed by atoms with van der Waals surface area (Å²) >= 11 is 0. The van der Waals surface area contributed by atoms with E-state index < -0.39 is 11.9 Å². The van der Waals surface area contributed by atoms with E-state index in [2.05, 4.69) is 4.84 Å². The van der Waals surface area contributed by atoms with Crippen LogP contribution in [0.25, 0.3) is 0 Å². The normalized spacial score (nSPS) is 8.60. The molecule has 0 radical (unpaired) electrons. The van der Waals surface area contributed by atoms with Gasteiger partial charge in [-0.1, -0.05) is 0 Å². The van der Waals surface area contributed by atoms with E-state index in [1.807, 2.05) is 5.48 Å². The van der Waals surface area contributed by atoms with Crippen molar-refractivity contribution >= 4 is 11.9 Å². The fourth-order valence-corrected chi connectivity index (χ4v) is 0.311. The Morgan fingerprint density at radius 1 is 1.60 bits per heavy atom. The molecule has 58 valence electrons. The molecule has 0 heterocycles. The maximum Gasteiger partial charge on any atom is 0.329 e. The van der Waals surface area contributed by atoms with Crippen molar-refractivity contribution < 1.29 is 14.4 Å². The number of carbonyl (C=O) groups is 2. The predicted octanol–water partition coefficient (Wildman–Crippen LogP) is -1.07. The van der Waals surface area contributed by atoms with Crippen LogP contribution in [0.3, 0.4) is 0 Å². The van der Waals surface area contributed by atoms with Crippen molar-refractivity contribution in [2.75, 3.05) is 6.54 Å². The second-order valence-corrected chi connectivity index (χ2v) is 1.66. The number of hydrogen-bond donors (Lipinski definition) is 2. The zero-order chi connectivity index (χ0) is 7.98. The molecule has 0 aromatic rings. The highest BCUT2D eigenvalue weighted by atomic mass is 16.7. The van der Waals surface area contributed by atoms with Crippen LogP contribution in [0.4, 0.5) is 0 Å². The Hall–Kier alpha value is -1.10. The van der Waals surface area contributed by atoms with E-state index in [0.29, 0.717) is 0 Å². The van der Waals surface area contributed by atoms with Crippen molar-refractivity contribution in [1.82, 2.24) is 5.48 Å². The lowest BCUT2D eigenvalue weighted by molar-refractivity contribution is -0.156. The van der Waals surface area contributed by atoms with Crippen molar-refractivity contribution in [1.29, 1.82) is 0 Å². The average molecular weight is 146 g/mol. The zero-order valence-electron chi connectivity index (χ0n) is 5.72. The molecule has 5 nitrogen and oxygen atoms in total. The minimum atomic E-state index is -0.551. The molecule has 5 heteroatoms. The van der Waals surface area contributed by atoms with E-state index >= 15 is 0 Å². The Morgan fingerprint density at radius 3 is 2.60 bits per heavy atom. The first-order valence-corrected chi connectivity index (χ1v) is 2.83. The summed E-state index contributed by atoms with van der Waals surface area (Å²) in [5.74, 6) is -0.942. The van der Waals surface area contributed by atoms with Crippen molar-refractivity contribution in [2.24, 2.45) is 5.73 Å². The number of nitrogens with one attached hydrogen (secondary N) is 1. The van der Waals surface area contributed by atoms with Gasteiger partial charge in [0.1, 0.15) is 0 Å². The maximum atomic E-state index is 10.5. The van der Waals surface area contributed by atoms with Crippen LogP contribution in [-0.2, 0) is 14.4 Å². The zero-order valence-corrected chi connectivity index (χ0v) is 5.72. The smallest absolute Gasteiger partial charge is 0.329 e. The number of amides is 1. The Labute approximate surface area is 58.5 Å². The Morgan fingerprint density at radius 2 is 2.20 bits per heavy atom. The molecule has 0 aliphatic rings. The number of nitrogens with two attached hydrogens (primary N) is 1. The minimum absolute atomic E-state index is 0.160. The van der Waals surface area contributed by atoms with E-state index in [9.17, 15) is 9.59 Å². The van der Waals surface area contributed by atoms with Gasteiger partial charge in [-0.05, 0) is 0 Å². The molecular weight excluding hydrogens is 136 g/mol. The van der Waals surface area contributed by atoms with Gasteiger partial charge in [-0.2, -0.15) is 5.48 Å². The third-order valence-corrected chi connectivity index (χ3v) is 0.680. The van der Waals surface area contributed by atoms with Gasteiger partial charge in [0, 0.05) is 19.9 Å². The van der Waals surface area contributed by atoms with Gasteiger partial charge in [0.2, 0.25) is 0 Å². The van der Waals surface area contributed by atoms with Gasteiger partial charge in [-0.3, -0.25) is 9.59 Å². The van der Waals surface area contributed by atoms with E-state index in [-0.39, 0.29) is 13.0 Å². The summed E-state index contributed by atoms with van der Waals surface area (Å²) in [6.45, 7) is 1.44. The quantitative estimate of drug-likeness (QED) is 0.486. The number of carbonyl (C=O) groups excluding carboxylic acids is 2. The van der Waals surface area contributed by atoms with Crippen molar-refractivity contribution in [3.05, 3.63) is 0 Å². The van der Waals surface area contributed by atoms with E-state index in [1.165, 1.54) is 6.92 Å². The molecule has 1 amide bonds. The van der Waals surface area contributed by atoms with Crippen LogP contribution in [0, 0.1) is 0 Å². The van der Waals surface area contributed by atoms with Gasteiger partial charge in [0.15, 0.2) is 0 Å². The molecule has 0 atom stereocenters. The maximum absolute atomic E-state index is 10.5. The first kappa shape index (κ1) is 8.90. The third-order valence-electron chi connectivity index (χ3n) is 0.680. The summed E-state index contributed by atoms with van der Waals surface area (Å²) in [6.07, 6.45) is 0.160. The first-order valence-electron chi connectivity index (χ1n) is 2.83. The van der Waals surface area contributed by atoms with E-state index in [0.717, 1.165) is 0 Å². The van der Waals surface area contributed by atoms with Crippen LogP contribution in [0.1, 0.15) is 13.3 Å². The predicted molar refractivity (Wildman–Crippen MR) is 33.6 cm³/mol. The Balaban J connectivity index is 3.30. The van der Waals surface area contributed by atoms with Gasteiger partial charge in [0.05, 0.1) is 0 Å². The topological polar surface area (TPSA) is 81.4 Å². The van der Waals surface area contributed by atoms with Gasteiger partial charge in [0.25, 0.3) is 5.91 Å². The number of hydrogen-bond acceptors (Lipinski definition) is 4. The lowest BCUT2D eigenvalue weighted by Crippen LogP contribution is -2.27. The molecule has 0 rings (SSSR count). The van der Waals surface area contributed by atoms with Crippen LogP contribution in [0.15, 0.2) is 0 Å². The van der Waals surface area contributed by atoms with Crippen molar-refractivity contribution in [3.8, 4) is 0 Å². The summed E-state index contributed by atoms with van der Waals surface area (Å²) in [4.78, 5) is 24.7. The highest BCUT2D eigenvalue weighted by Crippen LogP contribution is 1.75. The summed E-state index contributed by atoms with van der Waals surface area (Å²) in [5.41, 5.74) is 6.95. The van der Waals surface area contributed by atoms with Crippen molar-refractivity contribution in [3.63, 3.8) is 0 Å². The average Bonchev–Trinajstić information content (AvgIpc) is 1.85. The van der Waals surface area contributed by atoms with Gasteiger partial charge in [-0.15, -0.1) is 0 Å². The molecule has 0 saturated carbocycles. The molecule has 0 fully saturated rings. The first-order chi connectivity index (χ1) is 4.66. The van der Waals surface area contributed by atoms with Crippen LogP contribution in [0.2, 0.25) is 0 Å². The van der Waals surface area contributed by atoms with E-state index in [1.54, 1.807) is 0 Å². The van der Waals surface area contributed by atoms with Crippen molar-refractivity contribution in [2.45, 2.75) is 13.3 Å². The fraction of sp³-hybridized carbons (Fsp3) is 0.600.